The molecule has 0 aliphatic rings. The van der Waals surface area contributed by atoms with E-state index in [0.29, 0.717) is 0 Å². The van der Waals surface area contributed by atoms with Crippen LogP contribution in [0.3, 0.4) is 0 Å². The van der Waals surface area contributed by atoms with E-state index >= 15 is 0 Å². The SMILES string of the molecule is Cc1ccc(S(=O)(=O)N=C=NC(C)(C)C)cc1. The summed E-state index contributed by atoms with van der Waals surface area (Å²) >= 11 is 0. The first-order valence-electron chi connectivity index (χ1n) is 5.21. The molecule has 0 saturated heterocycles. The summed E-state index contributed by atoms with van der Waals surface area (Å²) in [4.78, 5) is 4.04. The van der Waals surface area contributed by atoms with Crippen LogP contribution >= 0.6 is 0 Å². The molecule has 0 heterocycles. The number of benzene rings is 1. The van der Waals surface area contributed by atoms with Crippen molar-refractivity contribution >= 4 is 16.0 Å². The number of sulfonamides is 1. The van der Waals surface area contributed by atoms with Crippen molar-refractivity contribution in [3.05, 3.63) is 29.8 Å². The van der Waals surface area contributed by atoms with Gasteiger partial charge in [-0.05, 0) is 39.8 Å². The van der Waals surface area contributed by atoms with Crippen LogP contribution in [0.1, 0.15) is 26.3 Å². The molecule has 0 radical (unpaired) electrons. The number of hydrogen-bond acceptors (Lipinski definition) is 3. The second-order valence-corrected chi connectivity index (χ2v) is 6.37. The summed E-state index contributed by atoms with van der Waals surface area (Å²) in [5.41, 5.74) is 0.614. The van der Waals surface area contributed by atoms with Crippen molar-refractivity contribution in [2.24, 2.45) is 9.39 Å². The molecule has 1 aromatic rings. The Labute approximate surface area is 102 Å². The summed E-state index contributed by atoms with van der Waals surface area (Å²) in [6.45, 7) is 7.41. The number of aliphatic imine (C=N–C) groups is 1. The van der Waals surface area contributed by atoms with Crippen molar-refractivity contribution < 1.29 is 8.42 Å². The molecule has 1 aromatic carbocycles. The molecule has 0 aliphatic carbocycles. The number of aryl methyl sites for hydroxylation is 1. The van der Waals surface area contributed by atoms with Gasteiger partial charge in [0.15, 0.2) is 0 Å². The van der Waals surface area contributed by atoms with Gasteiger partial charge in [0.2, 0.25) is 0 Å². The molecular formula is C12H16N2O2S. The summed E-state index contributed by atoms with van der Waals surface area (Å²) in [5, 5.41) is 0. The standard InChI is InChI=1S/C12H16N2O2S/c1-10-5-7-11(8-6-10)17(15,16)14-9-13-12(2,3)4/h5-8H,1-4H3. The third kappa shape index (κ3) is 4.51. The van der Waals surface area contributed by atoms with Crippen LogP contribution < -0.4 is 0 Å². The maximum absolute atomic E-state index is 11.7. The predicted octanol–water partition coefficient (Wildman–Crippen LogP) is 2.66. The van der Waals surface area contributed by atoms with Gasteiger partial charge < -0.3 is 0 Å². The summed E-state index contributed by atoms with van der Waals surface area (Å²) in [5.74, 6) is 0. The molecule has 0 amide bonds. The second kappa shape index (κ2) is 4.82. The van der Waals surface area contributed by atoms with E-state index in [4.69, 9.17) is 0 Å². The first-order valence-corrected chi connectivity index (χ1v) is 6.65. The Morgan fingerprint density at radius 2 is 1.65 bits per heavy atom. The van der Waals surface area contributed by atoms with E-state index in [1.165, 1.54) is 12.1 Å². The third-order valence-electron chi connectivity index (χ3n) is 1.87. The van der Waals surface area contributed by atoms with Crippen LogP contribution in [0, 0.1) is 6.92 Å². The van der Waals surface area contributed by atoms with Crippen molar-refractivity contribution in [1.82, 2.24) is 0 Å². The van der Waals surface area contributed by atoms with Gasteiger partial charge in [-0.3, -0.25) is 0 Å². The lowest BCUT2D eigenvalue weighted by Crippen LogP contribution is -2.08. The molecule has 1 rings (SSSR count). The average molecular weight is 252 g/mol. The Bertz CT molecular complexity index is 545. The van der Waals surface area contributed by atoms with Gasteiger partial charge in [0, 0.05) is 0 Å². The van der Waals surface area contributed by atoms with Gasteiger partial charge in [0.25, 0.3) is 10.0 Å². The fourth-order valence-electron chi connectivity index (χ4n) is 0.987. The van der Waals surface area contributed by atoms with E-state index in [9.17, 15) is 8.42 Å². The molecule has 0 unspecified atom stereocenters. The van der Waals surface area contributed by atoms with Gasteiger partial charge in [-0.25, -0.2) is 4.99 Å². The zero-order chi connectivity index (χ0) is 13.1. The first kappa shape index (κ1) is 13.6. The fourth-order valence-corrected chi connectivity index (χ4v) is 1.72. The normalized spacial score (nSPS) is 11.8. The molecule has 5 heteroatoms. The van der Waals surface area contributed by atoms with E-state index in [-0.39, 0.29) is 10.4 Å². The summed E-state index contributed by atoms with van der Waals surface area (Å²) in [6, 6.07) is 8.73. The lowest BCUT2D eigenvalue weighted by Gasteiger charge is -2.06. The molecule has 0 fully saturated rings. The maximum Gasteiger partial charge on any atom is 0.291 e. The van der Waals surface area contributed by atoms with Crippen LogP contribution in [0.4, 0.5) is 0 Å². The van der Waals surface area contributed by atoms with Crippen LogP contribution in [-0.2, 0) is 10.0 Å². The van der Waals surface area contributed by atoms with Crippen molar-refractivity contribution in [1.29, 1.82) is 0 Å². The lowest BCUT2D eigenvalue weighted by molar-refractivity contribution is 0.586. The molecule has 4 nitrogen and oxygen atoms in total. The number of rotatable bonds is 2. The summed E-state index contributed by atoms with van der Waals surface area (Å²) in [6.07, 6.45) is 0. The first-order chi connectivity index (χ1) is 7.71. The fraction of sp³-hybridized carbons (Fsp3) is 0.417. The Kier molecular flexibility index (Phi) is 3.86. The zero-order valence-electron chi connectivity index (χ0n) is 10.4. The van der Waals surface area contributed by atoms with Crippen LogP contribution in [-0.4, -0.2) is 20.0 Å². The Morgan fingerprint density at radius 3 is 2.12 bits per heavy atom. The topological polar surface area (TPSA) is 58.9 Å². The van der Waals surface area contributed by atoms with Gasteiger partial charge in [-0.15, -0.1) is 0 Å². The van der Waals surface area contributed by atoms with Crippen LogP contribution in [0.2, 0.25) is 0 Å². The molecule has 0 N–H and O–H groups in total. The molecule has 0 atom stereocenters. The van der Waals surface area contributed by atoms with Crippen LogP contribution in [0.25, 0.3) is 0 Å². The van der Waals surface area contributed by atoms with Gasteiger partial charge in [-0.1, -0.05) is 22.1 Å². The van der Waals surface area contributed by atoms with Crippen molar-refractivity contribution in [3.63, 3.8) is 0 Å². The molecule has 0 aromatic heterocycles. The minimum Gasteiger partial charge on any atom is -0.219 e. The number of nitrogens with zero attached hydrogens (tertiary/aromatic N) is 2. The Hall–Kier alpha value is -1.45. The maximum atomic E-state index is 11.7. The third-order valence-corrected chi connectivity index (χ3v) is 3.06. The largest absolute Gasteiger partial charge is 0.291 e. The Balaban J connectivity index is 3.06. The number of hydrogen-bond donors (Lipinski definition) is 0. The van der Waals surface area contributed by atoms with Crippen molar-refractivity contribution in [3.8, 4) is 0 Å². The Morgan fingerprint density at radius 1 is 1.12 bits per heavy atom. The van der Waals surface area contributed by atoms with E-state index in [1.807, 2.05) is 27.7 Å². The molecule has 0 aliphatic heterocycles. The highest BCUT2D eigenvalue weighted by molar-refractivity contribution is 7.90. The van der Waals surface area contributed by atoms with Gasteiger partial charge >= 0.3 is 0 Å². The van der Waals surface area contributed by atoms with Crippen molar-refractivity contribution in [2.75, 3.05) is 0 Å². The molecule has 0 saturated carbocycles. The van der Waals surface area contributed by atoms with E-state index < -0.39 is 10.0 Å². The molecular weight excluding hydrogens is 236 g/mol. The zero-order valence-corrected chi connectivity index (χ0v) is 11.2. The molecule has 92 valence electrons. The lowest BCUT2D eigenvalue weighted by atomic mass is 10.1. The van der Waals surface area contributed by atoms with E-state index in [0.717, 1.165) is 5.56 Å². The van der Waals surface area contributed by atoms with E-state index in [1.54, 1.807) is 12.1 Å². The summed E-state index contributed by atoms with van der Waals surface area (Å²) < 4.78 is 26.9. The average Bonchev–Trinajstić information content (AvgIpc) is 2.15. The molecule has 0 bridgehead atoms. The van der Waals surface area contributed by atoms with Gasteiger partial charge in [0.1, 0.15) is 6.01 Å². The molecule has 0 spiro atoms. The van der Waals surface area contributed by atoms with Gasteiger partial charge in [-0.2, -0.15) is 8.42 Å². The highest BCUT2D eigenvalue weighted by Gasteiger charge is 2.11. The van der Waals surface area contributed by atoms with Crippen molar-refractivity contribution in [2.45, 2.75) is 38.1 Å². The molecule has 17 heavy (non-hydrogen) atoms. The second-order valence-electron chi connectivity index (χ2n) is 4.76. The van der Waals surface area contributed by atoms with Crippen LogP contribution in [0.15, 0.2) is 38.6 Å². The minimum atomic E-state index is -3.68. The van der Waals surface area contributed by atoms with Crippen LogP contribution in [0.5, 0.6) is 0 Å². The highest BCUT2D eigenvalue weighted by atomic mass is 32.2. The minimum absolute atomic E-state index is 0.153. The quantitative estimate of drug-likeness (QED) is 0.760. The van der Waals surface area contributed by atoms with E-state index in [2.05, 4.69) is 15.4 Å². The highest BCUT2D eigenvalue weighted by Crippen LogP contribution is 2.12. The predicted molar refractivity (Wildman–Crippen MR) is 68.0 cm³/mol. The smallest absolute Gasteiger partial charge is 0.219 e. The monoisotopic (exact) mass is 252 g/mol. The summed E-state index contributed by atoms with van der Waals surface area (Å²) in [7, 11) is -3.68. The van der Waals surface area contributed by atoms with Gasteiger partial charge in [0.05, 0.1) is 10.4 Å².